The Morgan fingerprint density at radius 2 is 1.58 bits per heavy atom. The van der Waals surface area contributed by atoms with Gasteiger partial charge in [0.25, 0.3) is 0 Å². The van der Waals surface area contributed by atoms with E-state index in [0.717, 1.165) is 49.8 Å². The third-order valence-corrected chi connectivity index (χ3v) is 5.68. The fourth-order valence-corrected chi connectivity index (χ4v) is 4.29. The molecule has 4 heteroatoms. The molecule has 0 spiro atoms. The predicted molar refractivity (Wildman–Crippen MR) is 106 cm³/mol. The van der Waals surface area contributed by atoms with Gasteiger partial charge in [0.15, 0.2) is 0 Å². The molecule has 0 radical (unpaired) electrons. The third-order valence-electron chi connectivity index (χ3n) is 5.68. The third kappa shape index (κ3) is 3.21. The Kier molecular flexibility index (Phi) is 4.93. The van der Waals surface area contributed by atoms with Crippen LogP contribution in [0.1, 0.15) is 44.2 Å². The maximum atomic E-state index is 12.9. The number of hydrogen-bond acceptors (Lipinski definition) is 2. The van der Waals surface area contributed by atoms with Gasteiger partial charge in [0.05, 0.1) is 11.0 Å². The number of hydrogen-bond donors (Lipinski definition) is 1. The van der Waals surface area contributed by atoms with Gasteiger partial charge in [0.2, 0.25) is 0 Å². The van der Waals surface area contributed by atoms with Crippen LogP contribution in [0.3, 0.4) is 0 Å². The van der Waals surface area contributed by atoms with Gasteiger partial charge >= 0.3 is 5.69 Å². The first-order chi connectivity index (χ1) is 12.8. The lowest BCUT2D eigenvalue weighted by Crippen LogP contribution is -2.36. The molecule has 1 aliphatic rings. The Labute approximate surface area is 154 Å². The van der Waals surface area contributed by atoms with Gasteiger partial charge in [-0.2, -0.15) is 0 Å². The number of benzene rings is 2. The van der Waals surface area contributed by atoms with Crippen LogP contribution in [0.5, 0.6) is 0 Å². The topological polar surface area (TPSA) is 39.0 Å². The lowest BCUT2D eigenvalue weighted by molar-refractivity contribution is 0.289. The molecule has 0 amide bonds. The fraction of sp³-hybridized carbons (Fsp3) is 0.409. The zero-order valence-electron chi connectivity index (χ0n) is 15.4. The Morgan fingerprint density at radius 1 is 0.923 bits per heavy atom. The molecule has 136 valence electrons. The highest BCUT2D eigenvalue weighted by Crippen LogP contribution is 2.30. The summed E-state index contributed by atoms with van der Waals surface area (Å²) in [6.07, 6.45) is 4.36. The van der Waals surface area contributed by atoms with Crippen molar-refractivity contribution < 1.29 is 0 Å². The maximum Gasteiger partial charge on any atom is 0.329 e. The molecule has 0 saturated heterocycles. The summed E-state index contributed by atoms with van der Waals surface area (Å²) in [6.45, 7) is 3.69. The molecule has 1 heterocycles. The second-order valence-electron chi connectivity index (χ2n) is 7.26. The summed E-state index contributed by atoms with van der Waals surface area (Å²) in [5, 5.41) is 3.69. The number of para-hydroxylation sites is 2. The Bertz CT molecular complexity index is 917. The van der Waals surface area contributed by atoms with Crippen LogP contribution >= 0.6 is 0 Å². The van der Waals surface area contributed by atoms with Gasteiger partial charge in [-0.1, -0.05) is 42.5 Å². The molecule has 0 bridgehead atoms. The van der Waals surface area contributed by atoms with Crippen molar-refractivity contribution in [3.63, 3.8) is 0 Å². The van der Waals surface area contributed by atoms with E-state index in [1.165, 1.54) is 5.56 Å². The van der Waals surface area contributed by atoms with E-state index in [-0.39, 0.29) is 5.69 Å². The summed E-state index contributed by atoms with van der Waals surface area (Å²) in [4.78, 5) is 12.9. The highest BCUT2D eigenvalue weighted by atomic mass is 16.1. The standard InChI is InChI=1S/C22H27N3O/c1-2-24-20-10-6-7-11-21(20)25(22(24)26)19-14-12-18(13-15-19)23-16-17-8-4-3-5-9-17/h3-11,18-19,23H,2,12-16H2,1H3. The van der Waals surface area contributed by atoms with Crippen LogP contribution in [0.15, 0.2) is 59.4 Å². The van der Waals surface area contributed by atoms with Crippen LogP contribution in [-0.2, 0) is 13.1 Å². The Balaban J connectivity index is 1.46. The van der Waals surface area contributed by atoms with E-state index in [1.54, 1.807) is 0 Å². The van der Waals surface area contributed by atoms with Crippen molar-refractivity contribution in [2.75, 3.05) is 0 Å². The molecular formula is C22H27N3O. The second-order valence-corrected chi connectivity index (χ2v) is 7.26. The second kappa shape index (κ2) is 7.50. The summed E-state index contributed by atoms with van der Waals surface area (Å²) in [5.74, 6) is 0. The highest BCUT2D eigenvalue weighted by molar-refractivity contribution is 5.76. The van der Waals surface area contributed by atoms with Crippen molar-refractivity contribution in [3.05, 3.63) is 70.6 Å². The SMILES string of the molecule is CCn1c(=O)n(C2CCC(NCc3ccccc3)CC2)c2ccccc21. The number of aromatic nitrogens is 2. The number of nitrogens with zero attached hydrogens (tertiary/aromatic N) is 2. The monoisotopic (exact) mass is 349 g/mol. The average Bonchev–Trinajstić information content (AvgIpc) is 2.99. The molecule has 4 rings (SSSR count). The maximum absolute atomic E-state index is 12.9. The van der Waals surface area contributed by atoms with Crippen molar-refractivity contribution in [3.8, 4) is 0 Å². The van der Waals surface area contributed by atoms with Gasteiger partial charge in [-0.05, 0) is 50.3 Å². The quantitative estimate of drug-likeness (QED) is 0.753. The number of imidazole rings is 1. The fourth-order valence-electron chi connectivity index (χ4n) is 4.29. The van der Waals surface area contributed by atoms with Crippen molar-refractivity contribution in [1.29, 1.82) is 0 Å². The lowest BCUT2D eigenvalue weighted by Gasteiger charge is -2.30. The van der Waals surface area contributed by atoms with Gasteiger partial charge in [0, 0.05) is 25.2 Å². The normalized spacial score (nSPS) is 20.5. The summed E-state index contributed by atoms with van der Waals surface area (Å²) >= 11 is 0. The van der Waals surface area contributed by atoms with Crippen LogP contribution in [-0.4, -0.2) is 15.2 Å². The minimum absolute atomic E-state index is 0.148. The molecule has 2 aromatic carbocycles. The summed E-state index contributed by atoms with van der Waals surface area (Å²) in [7, 11) is 0. The summed E-state index contributed by atoms with van der Waals surface area (Å²) < 4.78 is 3.95. The van der Waals surface area contributed by atoms with Crippen molar-refractivity contribution in [2.45, 2.75) is 57.8 Å². The van der Waals surface area contributed by atoms with Crippen molar-refractivity contribution >= 4 is 11.0 Å². The molecule has 1 aliphatic carbocycles. The molecular weight excluding hydrogens is 322 g/mol. The minimum atomic E-state index is 0.148. The molecule has 0 atom stereocenters. The van der Waals surface area contributed by atoms with E-state index >= 15 is 0 Å². The zero-order chi connectivity index (χ0) is 17.9. The summed E-state index contributed by atoms with van der Waals surface area (Å²) in [6, 6.07) is 19.6. The zero-order valence-corrected chi connectivity index (χ0v) is 15.4. The molecule has 1 aromatic heterocycles. The van der Waals surface area contributed by atoms with Crippen LogP contribution in [0.2, 0.25) is 0 Å². The van der Waals surface area contributed by atoms with E-state index in [2.05, 4.69) is 47.8 Å². The van der Waals surface area contributed by atoms with Gasteiger partial charge in [-0.25, -0.2) is 4.79 Å². The molecule has 3 aromatic rings. The summed E-state index contributed by atoms with van der Waals surface area (Å²) in [5.41, 5.74) is 3.62. The largest absolute Gasteiger partial charge is 0.329 e. The molecule has 26 heavy (non-hydrogen) atoms. The van der Waals surface area contributed by atoms with E-state index in [0.29, 0.717) is 12.1 Å². The molecule has 1 fully saturated rings. The van der Waals surface area contributed by atoms with Gasteiger partial charge in [-0.15, -0.1) is 0 Å². The van der Waals surface area contributed by atoms with E-state index < -0.39 is 0 Å². The van der Waals surface area contributed by atoms with Crippen molar-refractivity contribution in [2.24, 2.45) is 0 Å². The Hall–Kier alpha value is -2.33. The Morgan fingerprint density at radius 3 is 2.27 bits per heavy atom. The van der Waals surface area contributed by atoms with Gasteiger partial charge in [0.1, 0.15) is 0 Å². The van der Waals surface area contributed by atoms with E-state index in [9.17, 15) is 4.79 Å². The van der Waals surface area contributed by atoms with Gasteiger partial charge < -0.3 is 5.32 Å². The smallest absolute Gasteiger partial charge is 0.310 e. The number of aryl methyl sites for hydroxylation is 1. The highest BCUT2D eigenvalue weighted by Gasteiger charge is 2.25. The molecule has 1 saturated carbocycles. The average molecular weight is 349 g/mol. The first-order valence-corrected chi connectivity index (χ1v) is 9.75. The number of fused-ring (bicyclic) bond motifs is 1. The minimum Gasteiger partial charge on any atom is -0.310 e. The number of rotatable bonds is 5. The van der Waals surface area contributed by atoms with Crippen LogP contribution in [0.25, 0.3) is 11.0 Å². The lowest BCUT2D eigenvalue weighted by atomic mass is 9.90. The molecule has 0 unspecified atom stereocenters. The number of nitrogens with one attached hydrogen (secondary N) is 1. The molecule has 0 aliphatic heterocycles. The molecule has 4 nitrogen and oxygen atoms in total. The van der Waals surface area contributed by atoms with E-state index in [1.807, 2.05) is 28.2 Å². The van der Waals surface area contributed by atoms with Gasteiger partial charge in [-0.3, -0.25) is 9.13 Å². The van der Waals surface area contributed by atoms with Crippen molar-refractivity contribution in [1.82, 2.24) is 14.5 Å². The van der Waals surface area contributed by atoms with Crippen LogP contribution in [0.4, 0.5) is 0 Å². The van der Waals surface area contributed by atoms with E-state index in [4.69, 9.17) is 0 Å². The first-order valence-electron chi connectivity index (χ1n) is 9.75. The predicted octanol–water partition coefficient (Wildman–Crippen LogP) is 4.10. The first kappa shape index (κ1) is 17.1. The van der Waals surface area contributed by atoms with Crippen LogP contribution in [0, 0.1) is 0 Å². The molecule has 1 N–H and O–H groups in total. The van der Waals surface area contributed by atoms with Crippen LogP contribution < -0.4 is 11.0 Å².